The van der Waals surface area contributed by atoms with Gasteiger partial charge in [0.15, 0.2) is 0 Å². The van der Waals surface area contributed by atoms with Crippen LogP contribution in [0.4, 0.5) is 0 Å². The number of nitrogens with zero attached hydrogens (tertiary/aromatic N) is 3. The van der Waals surface area contributed by atoms with Crippen LogP contribution in [0.5, 0.6) is 11.6 Å². The van der Waals surface area contributed by atoms with Crippen LogP contribution in [0.3, 0.4) is 0 Å². The number of aromatic nitrogens is 2. The topological polar surface area (TPSA) is 84.8 Å². The summed E-state index contributed by atoms with van der Waals surface area (Å²) < 4.78 is 11.7. The number of hydrogen-bond donors (Lipinski definition) is 1. The Bertz CT molecular complexity index is 922. The molecule has 2 atom stereocenters. The van der Waals surface area contributed by atoms with Crippen LogP contribution in [-0.2, 0) is 4.79 Å². The summed E-state index contributed by atoms with van der Waals surface area (Å²) in [6.45, 7) is 8.71. The Morgan fingerprint density at radius 3 is 2.52 bits per heavy atom. The smallest absolute Gasteiger partial charge is 0.307 e. The fraction of sp³-hybridized carbons (Fsp3) is 0.542. The molecule has 0 spiro atoms. The monoisotopic (exact) mass is 493 g/mol. The van der Waals surface area contributed by atoms with Crippen molar-refractivity contribution in [2.75, 3.05) is 32.8 Å². The van der Waals surface area contributed by atoms with E-state index >= 15 is 0 Å². The fourth-order valence-electron chi connectivity index (χ4n) is 4.36. The lowest BCUT2D eigenvalue weighted by molar-refractivity contribution is -0.138. The minimum atomic E-state index is -0.746. The van der Waals surface area contributed by atoms with Gasteiger partial charge in [0.1, 0.15) is 5.75 Å². The third kappa shape index (κ3) is 6.77. The molecular formula is C24H35N3O4S2. The number of carboxylic acid groups (broad SMARTS) is 1. The van der Waals surface area contributed by atoms with E-state index in [-0.39, 0.29) is 38.8 Å². The number of carbonyl (C=O) groups is 1. The van der Waals surface area contributed by atoms with E-state index in [2.05, 4.69) is 22.0 Å². The van der Waals surface area contributed by atoms with Crippen LogP contribution >= 0.6 is 27.0 Å². The average Bonchev–Trinajstić information content (AvgIpc) is 3.60. The molecule has 1 aromatic carbocycles. The Kier molecular flexibility index (Phi) is 10.3. The molecule has 1 saturated heterocycles. The van der Waals surface area contributed by atoms with E-state index in [4.69, 9.17) is 9.47 Å². The van der Waals surface area contributed by atoms with Gasteiger partial charge in [0.05, 0.1) is 25.3 Å². The third-order valence-corrected chi connectivity index (χ3v) is 6.40. The van der Waals surface area contributed by atoms with Crippen molar-refractivity contribution in [1.82, 2.24) is 15.1 Å². The Morgan fingerprint density at radius 1 is 1.12 bits per heavy atom. The molecule has 1 aliphatic carbocycles. The van der Waals surface area contributed by atoms with Crippen molar-refractivity contribution in [2.24, 2.45) is 11.8 Å². The Labute approximate surface area is 209 Å². The molecule has 1 saturated carbocycles. The summed E-state index contributed by atoms with van der Waals surface area (Å²) in [7, 11) is 0. The summed E-state index contributed by atoms with van der Waals surface area (Å²) in [5.41, 5.74) is 2.82. The van der Waals surface area contributed by atoms with E-state index in [1.165, 1.54) is 0 Å². The number of likely N-dealkylation sites (tertiary alicyclic amines) is 1. The van der Waals surface area contributed by atoms with Gasteiger partial charge in [-0.05, 0) is 75.0 Å². The predicted molar refractivity (Wildman–Crippen MR) is 138 cm³/mol. The molecule has 1 N–H and O–H groups in total. The Morgan fingerprint density at radius 2 is 1.88 bits per heavy atom. The summed E-state index contributed by atoms with van der Waals surface area (Å²) in [4.78, 5) is 13.8. The number of carboxylic acids is 1. The minimum absolute atomic E-state index is 0. The van der Waals surface area contributed by atoms with Crippen molar-refractivity contribution in [1.29, 1.82) is 0 Å². The SMILES string of the molecule is CCOc1ccc(-c2cnnc(OCC3CCN(CC)CC3)c2)cc1[C@H]1C[C@@H]1C(=O)O.S.S. The highest BCUT2D eigenvalue weighted by molar-refractivity contribution is 7.59. The molecule has 2 heterocycles. The highest BCUT2D eigenvalue weighted by Gasteiger charge is 2.45. The molecule has 9 heteroatoms. The molecule has 0 unspecified atom stereocenters. The second-order valence-corrected chi connectivity index (χ2v) is 8.44. The van der Waals surface area contributed by atoms with E-state index in [0.29, 0.717) is 31.4 Å². The van der Waals surface area contributed by atoms with Crippen LogP contribution in [0.2, 0.25) is 0 Å². The molecule has 2 aliphatic rings. The number of piperidine rings is 1. The van der Waals surface area contributed by atoms with Crippen molar-refractivity contribution in [3.63, 3.8) is 0 Å². The molecule has 4 rings (SSSR count). The van der Waals surface area contributed by atoms with Crippen molar-refractivity contribution in [3.8, 4) is 22.8 Å². The summed E-state index contributed by atoms with van der Waals surface area (Å²) in [5, 5.41) is 17.6. The van der Waals surface area contributed by atoms with Crippen LogP contribution in [0.1, 0.15) is 44.6 Å². The summed E-state index contributed by atoms with van der Waals surface area (Å²) in [6, 6.07) is 7.84. The van der Waals surface area contributed by atoms with Crippen molar-refractivity contribution in [3.05, 3.63) is 36.0 Å². The van der Waals surface area contributed by atoms with Gasteiger partial charge >= 0.3 is 5.97 Å². The van der Waals surface area contributed by atoms with Gasteiger partial charge in [-0.15, -0.1) is 5.10 Å². The molecule has 2 aromatic rings. The third-order valence-electron chi connectivity index (χ3n) is 6.40. The second kappa shape index (κ2) is 12.5. The lowest BCUT2D eigenvalue weighted by Crippen LogP contribution is -2.35. The molecule has 7 nitrogen and oxygen atoms in total. The highest BCUT2D eigenvalue weighted by atomic mass is 32.1. The van der Waals surface area contributed by atoms with E-state index in [1.807, 2.05) is 31.2 Å². The first kappa shape index (κ1) is 27.3. The summed E-state index contributed by atoms with van der Waals surface area (Å²) in [5.74, 6) is 0.760. The molecule has 0 amide bonds. The van der Waals surface area contributed by atoms with E-state index < -0.39 is 5.97 Å². The maximum atomic E-state index is 11.4. The zero-order valence-corrected chi connectivity index (χ0v) is 21.3. The standard InChI is InChI=1S/C24H31N3O4.2H2S/c1-3-27-9-7-16(8-10-27)15-31-23-12-18(14-25-26-23)17-5-6-22(30-4-2)20(11-17)19-13-21(19)24(28)29;;/h5-6,11-12,14,16,19,21H,3-4,7-10,13,15H2,1-2H3,(H,28,29);2*1H2/t19-,21+;;/m1../s1. The van der Waals surface area contributed by atoms with Crippen LogP contribution in [-0.4, -0.2) is 59.0 Å². The summed E-state index contributed by atoms with van der Waals surface area (Å²) in [6.07, 6.45) is 4.66. The maximum absolute atomic E-state index is 11.4. The molecule has 1 aromatic heterocycles. The number of aliphatic carboxylic acids is 1. The largest absolute Gasteiger partial charge is 0.494 e. The average molecular weight is 494 g/mol. The molecule has 1 aliphatic heterocycles. The molecule has 182 valence electrons. The molecule has 33 heavy (non-hydrogen) atoms. The first-order valence-corrected chi connectivity index (χ1v) is 11.3. The zero-order chi connectivity index (χ0) is 21.8. The van der Waals surface area contributed by atoms with E-state index in [9.17, 15) is 9.90 Å². The van der Waals surface area contributed by atoms with E-state index in [0.717, 1.165) is 54.9 Å². The van der Waals surface area contributed by atoms with Crippen LogP contribution in [0.25, 0.3) is 11.1 Å². The first-order chi connectivity index (χ1) is 15.1. The highest BCUT2D eigenvalue weighted by Crippen LogP contribution is 2.51. The van der Waals surface area contributed by atoms with Crippen molar-refractivity contribution >= 4 is 33.0 Å². The maximum Gasteiger partial charge on any atom is 0.307 e. The van der Waals surface area contributed by atoms with Gasteiger partial charge in [-0.3, -0.25) is 4.79 Å². The number of ether oxygens (including phenoxy) is 2. The lowest BCUT2D eigenvalue weighted by Gasteiger charge is -2.30. The van der Waals surface area contributed by atoms with Crippen LogP contribution in [0.15, 0.2) is 30.5 Å². The molecular weight excluding hydrogens is 458 g/mol. The van der Waals surface area contributed by atoms with Gasteiger partial charge in [-0.2, -0.15) is 32.1 Å². The van der Waals surface area contributed by atoms with Gasteiger partial charge < -0.3 is 19.5 Å². The first-order valence-electron chi connectivity index (χ1n) is 11.3. The van der Waals surface area contributed by atoms with Crippen LogP contribution < -0.4 is 9.47 Å². The van der Waals surface area contributed by atoms with Gasteiger partial charge in [0.25, 0.3) is 0 Å². The quantitative estimate of drug-likeness (QED) is 0.564. The van der Waals surface area contributed by atoms with Crippen molar-refractivity contribution < 1.29 is 19.4 Å². The molecule has 0 bridgehead atoms. The normalized spacial score (nSPS) is 20.3. The van der Waals surface area contributed by atoms with Crippen molar-refractivity contribution in [2.45, 2.75) is 39.0 Å². The van der Waals surface area contributed by atoms with Gasteiger partial charge in [-0.25, -0.2) is 0 Å². The number of hydrogen-bond acceptors (Lipinski definition) is 6. The predicted octanol–water partition coefficient (Wildman–Crippen LogP) is 4.07. The van der Waals surface area contributed by atoms with Gasteiger partial charge in [0, 0.05) is 17.5 Å². The van der Waals surface area contributed by atoms with E-state index in [1.54, 1.807) is 6.20 Å². The molecule has 0 radical (unpaired) electrons. The minimum Gasteiger partial charge on any atom is -0.494 e. The lowest BCUT2D eigenvalue weighted by atomic mass is 9.98. The summed E-state index contributed by atoms with van der Waals surface area (Å²) >= 11 is 0. The van der Waals surface area contributed by atoms with Gasteiger partial charge in [-0.1, -0.05) is 13.0 Å². The zero-order valence-electron chi connectivity index (χ0n) is 19.3. The number of rotatable bonds is 9. The fourth-order valence-corrected chi connectivity index (χ4v) is 4.36. The van der Waals surface area contributed by atoms with Gasteiger partial charge in [0.2, 0.25) is 5.88 Å². The second-order valence-electron chi connectivity index (χ2n) is 8.44. The van der Waals surface area contributed by atoms with Crippen LogP contribution in [0, 0.1) is 11.8 Å². The number of benzene rings is 1. The Hall–Kier alpha value is -1.97. The Balaban J connectivity index is 0.00000193. The molecule has 2 fully saturated rings.